The van der Waals surface area contributed by atoms with Crippen molar-refractivity contribution in [2.75, 3.05) is 5.32 Å². The van der Waals surface area contributed by atoms with Crippen molar-refractivity contribution >= 4 is 40.7 Å². The third-order valence-electron chi connectivity index (χ3n) is 3.16. The highest BCUT2D eigenvalue weighted by molar-refractivity contribution is 6.33. The number of halogens is 1. The summed E-state index contributed by atoms with van der Waals surface area (Å²) in [6, 6.07) is 12.1. The molecular weight excluding hydrogens is 332 g/mol. The Kier molecular flexibility index (Phi) is 5.44. The molecule has 0 aliphatic rings. The van der Waals surface area contributed by atoms with E-state index in [4.69, 9.17) is 11.6 Å². The van der Waals surface area contributed by atoms with Gasteiger partial charge in [0.25, 0.3) is 11.6 Å². The van der Waals surface area contributed by atoms with E-state index in [1.54, 1.807) is 24.3 Å². The van der Waals surface area contributed by atoms with E-state index in [1.807, 2.05) is 0 Å². The number of nitrogens with zero attached hydrogens (tertiary/aromatic N) is 1. The minimum absolute atomic E-state index is 0.0681. The Morgan fingerprint density at radius 2 is 1.75 bits per heavy atom. The van der Waals surface area contributed by atoms with Crippen LogP contribution in [0, 0.1) is 10.1 Å². The number of nitro groups is 1. The monoisotopic (exact) mass is 344 g/mol. The van der Waals surface area contributed by atoms with Gasteiger partial charge in [-0.25, -0.2) is 0 Å². The summed E-state index contributed by atoms with van der Waals surface area (Å²) in [6.07, 6.45) is 1.41. The number of nitrogens with one attached hydrogen (secondary N) is 1. The summed E-state index contributed by atoms with van der Waals surface area (Å²) < 4.78 is 0. The quantitative estimate of drug-likeness (QED) is 0.293. The molecular formula is C17H13ClN2O4. The van der Waals surface area contributed by atoms with Crippen LogP contribution >= 0.6 is 11.6 Å². The van der Waals surface area contributed by atoms with Crippen LogP contribution in [0.4, 0.5) is 11.4 Å². The first-order valence-electron chi connectivity index (χ1n) is 6.91. The van der Waals surface area contributed by atoms with Crippen LogP contribution in [0.1, 0.15) is 12.5 Å². The largest absolute Gasteiger partial charge is 0.322 e. The molecule has 0 unspecified atom stereocenters. The van der Waals surface area contributed by atoms with E-state index in [1.165, 1.54) is 37.3 Å². The Morgan fingerprint density at radius 3 is 2.29 bits per heavy atom. The van der Waals surface area contributed by atoms with Crippen molar-refractivity contribution in [1.29, 1.82) is 0 Å². The zero-order chi connectivity index (χ0) is 17.7. The zero-order valence-corrected chi connectivity index (χ0v) is 13.4. The molecule has 1 N–H and O–H groups in total. The highest BCUT2D eigenvalue weighted by atomic mass is 35.5. The normalized spacial score (nSPS) is 11.0. The molecule has 0 aliphatic carbocycles. The first kappa shape index (κ1) is 17.4. The Bertz CT molecular complexity index is 829. The first-order valence-corrected chi connectivity index (χ1v) is 7.29. The number of carbonyl (C=O) groups excluding carboxylic acids is 2. The topological polar surface area (TPSA) is 89.3 Å². The van der Waals surface area contributed by atoms with Crippen LogP contribution in [-0.4, -0.2) is 16.6 Å². The molecule has 0 fully saturated rings. The number of benzene rings is 2. The van der Waals surface area contributed by atoms with Crippen molar-refractivity contribution in [3.63, 3.8) is 0 Å². The van der Waals surface area contributed by atoms with Crippen LogP contribution in [-0.2, 0) is 9.59 Å². The highest BCUT2D eigenvalue weighted by Gasteiger charge is 2.16. The van der Waals surface area contributed by atoms with Gasteiger partial charge in [0.1, 0.15) is 0 Å². The van der Waals surface area contributed by atoms with Gasteiger partial charge in [0.05, 0.1) is 10.5 Å². The summed E-state index contributed by atoms with van der Waals surface area (Å²) in [5, 5.41) is 13.6. The van der Waals surface area contributed by atoms with E-state index in [0.29, 0.717) is 16.3 Å². The van der Waals surface area contributed by atoms with Gasteiger partial charge in [0, 0.05) is 22.8 Å². The fourth-order valence-corrected chi connectivity index (χ4v) is 2.13. The second-order valence-electron chi connectivity index (χ2n) is 4.89. The number of amides is 1. The Hall–Kier alpha value is -2.99. The Labute approximate surface area is 142 Å². The van der Waals surface area contributed by atoms with Gasteiger partial charge >= 0.3 is 0 Å². The molecule has 0 heterocycles. The van der Waals surface area contributed by atoms with Crippen molar-refractivity contribution in [3.8, 4) is 0 Å². The lowest BCUT2D eigenvalue weighted by Crippen LogP contribution is -2.18. The fraction of sp³-hybridized carbons (Fsp3) is 0.0588. The summed E-state index contributed by atoms with van der Waals surface area (Å²) in [5.74, 6) is -1.04. The molecule has 122 valence electrons. The van der Waals surface area contributed by atoms with E-state index >= 15 is 0 Å². The van der Waals surface area contributed by atoms with Crippen LogP contribution in [0.25, 0.3) is 6.08 Å². The zero-order valence-electron chi connectivity index (χ0n) is 12.7. The maximum atomic E-state index is 12.3. The van der Waals surface area contributed by atoms with Gasteiger partial charge in [0.15, 0.2) is 5.78 Å². The highest BCUT2D eigenvalue weighted by Crippen LogP contribution is 2.20. The molecule has 0 aliphatic heterocycles. The number of hydrogen-bond acceptors (Lipinski definition) is 4. The number of anilines is 1. The molecule has 2 aromatic rings. The molecule has 0 radical (unpaired) electrons. The second kappa shape index (κ2) is 7.52. The molecule has 0 saturated carbocycles. The van der Waals surface area contributed by atoms with Gasteiger partial charge in [-0.2, -0.15) is 0 Å². The van der Waals surface area contributed by atoms with Gasteiger partial charge in [-0.1, -0.05) is 29.8 Å². The number of nitro benzene ring substituents is 1. The third kappa shape index (κ3) is 4.27. The second-order valence-corrected chi connectivity index (χ2v) is 5.30. The SMILES string of the molecule is CC(=O)/C(=C\c1ccccc1Cl)C(=O)Nc1ccc([N+](=O)[O-])cc1. The smallest absolute Gasteiger partial charge is 0.269 e. The standard InChI is InChI=1S/C17H13ClN2O4/c1-11(21)15(10-12-4-2-3-5-16(12)18)17(22)19-13-6-8-14(9-7-13)20(23)24/h2-10H,1H3,(H,19,22)/b15-10+. The molecule has 0 aromatic heterocycles. The van der Waals surface area contributed by atoms with Crippen LogP contribution in [0.2, 0.25) is 5.02 Å². The van der Waals surface area contributed by atoms with Gasteiger partial charge in [-0.15, -0.1) is 0 Å². The summed E-state index contributed by atoms with van der Waals surface area (Å²) in [4.78, 5) is 34.2. The minimum Gasteiger partial charge on any atom is -0.322 e. The van der Waals surface area contributed by atoms with Crippen LogP contribution in [0.3, 0.4) is 0 Å². The van der Waals surface area contributed by atoms with E-state index in [0.717, 1.165) is 0 Å². The van der Waals surface area contributed by atoms with Crippen molar-refractivity contribution in [2.24, 2.45) is 0 Å². The van der Waals surface area contributed by atoms with E-state index in [-0.39, 0.29) is 11.3 Å². The summed E-state index contributed by atoms with van der Waals surface area (Å²) >= 11 is 6.03. The molecule has 2 rings (SSSR count). The molecule has 2 aromatic carbocycles. The molecule has 0 saturated heterocycles. The Morgan fingerprint density at radius 1 is 1.12 bits per heavy atom. The lowest BCUT2D eigenvalue weighted by molar-refractivity contribution is -0.384. The summed E-state index contributed by atoms with van der Waals surface area (Å²) in [7, 11) is 0. The summed E-state index contributed by atoms with van der Waals surface area (Å²) in [5.41, 5.74) is 0.730. The molecule has 24 heavy (non-hydrogen) atoms. The molecule has 0 atom stereocenters. The number of ketones is 1. The average molecular weight is 345 g/mol. The molecule has 0 spiro atoms. The van der Waals surface area contributed by atoms with Crippen molar-refractivity contribution < 1.29 is 14.5 Å². The number of rotatable bonds is 5. The number of non-ortho nitro benzene ring substituents is 1. The number of Topliss-reactive ketones (excluding diaryl/α,β-unsaturated/α-hetero) is 1. The van der Waals surface area contributed by atoms with Crippen molar-refractivity contribution in [3.05, 3.63) is 74.8 Å². The fourth-order valence-electron chi connectivity index (χ4n) is 1.94. The number of carbonyl (C=O) groups is 2. The lowest BCUT2D eigenvalue weighted by Gasteiger charge is -2.07. The van der Waals surface area contributed by atoms with Gasteiger partial charge in [0.2, 0.25) is 0 Å². The average Bonchev–Trinajstić information content (AvgIpc) is 2.54. The molecule has 7 heteroatoms. The maximum Gasteiger partial charge on any atom is 0.269 e. The van der Waals surface area contributed by atoms with Crippen LogP contribution in [0.5, 0.6) is 0 Å². The first-order chi connectivity index (χ1) is 11.4. The van der Waals surface area contributed by atoms with E-state index in [9.17, 15) is 19.7 Å². The van der Waals surface area contributed by atoms with E-state index < -0.39 is 16.6 Å². The van der Waals surface area contributed by atoms with Crippen LogP contribution in [0.15, 0.2) is 54.1 Å². The predicted molar refractivity (Wildman–Crippen MR) is 91.8 cm³/mol. The lowest BCUT2D eigenvalue weighted by atomic mass is 10.1. The van der Waals surface area contributed by atoms with E-state index in [2.05, 4.69) is 5.32 Å². The molecule has 0 bridgehead atoms. The van der Waals surface area contributed by atoms with Crippen LogP contribution < -0.4 is 5.32 Å². The van der Waals surface area contributed by atoms with Crippen molar-refractivity contribution in [1.82, 2.24) is 0 Å². The van der Waals surface area contributed by atoms with Gasteiger partial charge in [-0.3, -0.25) is 19.7 Å². The predicted octanol–water partition coefficient (Wildman–Crippen LogP) is 3.86. The minimum atomic E-state index is -0.615. The molecule has 1 amide bonds. The summed E-state index contributed by atoms with van der Waals surface area (Å²) in [6.45, 7) is 1.28. The Balaban J connectivity index is 2.25. The van der Waals surface area contributed by atoms with Crippen molar-refractivity contribution in [2.45, 2.75) is 6.92 Å². The maximum absolute atomic E-state index is 12.3. The number of hydrogen-bond donors (Lipinski definition) is 1. The van der Waals surface area contributed by atoms with Gasteiger partial charge in [-0.05, 0) is 36.8 Å². The molecule has 6 nitrogen and oxygen atoms in total. The third-order valence-corrected chi connectivity index (χ3v) is 3.51. The van der Waals surface area contributed by atoms with Gasteiger partial charge < -0.3 is 5.32 Å².